The number of hydrogen-bond acceptors (Lipinski definition) is 3. The van der Waals surface area contributed by atoms with Crippen molar-refractivity contribution in [2.45, 2.75) is 32.2 Å². The number of carbonyl (C=O) groups excluding carboxylic acids is 1. The summed E-state index contributed by atoms with van der Waals surface area (Å²) in [7, 11) is 0. The van der Waals surface area contributed by atoms with Gasteiger partial charge < -0.3 is 15.5 Å². The third-order valence-corrected chi connectivity index (χ3v) is 6.99. The lowest BCUT2D eigenvalue weighted by Gasteiger charge is -2.37. The molecule has 3 unspecified atom stereocenters. The molecule has 158 valence electrons. The van der Waals surface area contributed by atoms with Gasteiger partial charge in [0, 0.05) is 34.7 Å². The van der Waals surface area contributed by atoms with Crippen LogP contribution in [0.3, 0.4) is 0 Å². The van der Waals surface area contributed by atoms with Gasteiger partial charge in [-0.2, -0.15) is 0 Å². The molecule has 4 rings (SSSR count). The molecular weight excluding hydrogens is 438 g/mol. The first-order valence-electron chi connectivity index (χ1n) is 10.9. The predicted molar refractivity (Wildman–Crippen MR) is 127 cm³/mol. The van der Waals surface area contributed by atoms with Crippen LogP contribution in [0.2, 0.25) is 0 Å². The Hall–Kier alpha value is -2.11. The highest BCUT2D eigenvalue weighted by Crippen LogP contribution is 2.50. The van der Waals surface area contributed by atoms with Gasteiger partial charge in [-0.15, -0.1) is 0 Å². The van der Waals surface area contributed by atoms with E-state index in [9.17, 15) is 4.79 Å². The van der Waals surface area contributed by atoms with Gasteiger partial charge in [-0.1, -0.05) is 54.1 Å². The van der Waals surface area contributed by atoms with Crippen molar-refractivity contribution in [1.82, 2.24) is 10.2 Å². The second kappa shape index (κ2) is 9.36. The van der Waals surface area contributed by atoms with Gasteiger partial charge in [0.05, 0.1) is 6.04 Å². The van der Waals surface area contributed by atoms with Gasteiger partial charge in [0.1, 0.15) is 0 Å². The minimum atomic E-state index is 0.0125. The third kappa shape index (κ3) is 4.33. The average molecular weight is 468 g/mol. The van der Waals surface area contributed by atoms with Crippen LogP contribution in [0.5, 0.6) is 0 Å². The van der Waals surface area contributed by atoms with Crippen LogP contribution in [0.1, 0.15) is 53.7 Å². The number of halogens is 1. The number of benzene rings is 2. The molecule has 1 heterocycles. The van der Waals surface area contributed by atoms with Crippen LogP contribution in [0.4, 0.5) is 5.69 Å². The molecule has 1 amide bonds. The lowest BCUT2D eigenvalue weighted by Crippen LogP contribution is -2.35. The second-order valence-corrected chi connectivity index (χ2v) is 9.03. The molecule has 4 nitrogen and oxygen atoms in total. The zero-order valence-electron chi connectivity index (χ0n) is 17.7. The molecule has 5 heteroatoms. The minimum absolute atomic E-state index is 0.0125. The predicted octanol–water partition coefficient (Wildman–Crippen LogP) is 5.35. The molecule has 2 aromatic carbocycles. The van der Waals surface area contributed by atoms with E-state index in [2.05, 4.69) is 93.9 Å². The zero-order valence-corrected chi connectivity index (χ0v) is 19.3. The van der Waals surface area contributed by atoms with Gasteiger partial charge in [0.2, 0.25) is 0 Å². The molecule has 1 aliphatic carbocycles. The number of carbonyl (C=O) groups is 1. The van der Waals surface area contributed by atoms with Gasteiger partial charge in [0.15, 0.2) is 0 Å². The van der Waals surface area contributed by atoms with Crippen molar-refractivity contribution in [2.24, 2.45) is 5.92 Å². The van der Waals surface area contributed by atoms with E-state index in [0.29, 0.717) is 18.4 Å². The largest absolute Gasteiger partial charge is 0.378 e. The van der Waals surface area contributed by atoms with Crippen molar-refractivity contribution in [3.05, 3.63) is 75.8 Å². The first kappa shape index (κ1) is 21.1. The summed E-state index contributed by atoms with van der Waals surface area (Å²) in [5.74, 6) is 0.830. The summed E-state index contributed by atoms with van der Waals surface area (Å²) in [5.41, 5.74) is 4.42. The Labute approximate surface area is 187 Å². The maximum absolute atomic E-state index is 12.7. The molecule has 30 heavy (non-hydrogen) atoms. The number of nitrogens with one attached hydrogen (secondary N) is 2. The number of likely N-dealkylation sites (N-methyl/N-ethyl adjacent to an activating group) is 1. The summed E-state index contributed by atoms with van der Waals surface area (Å²) in [5, 5.41) is 6.83. The molecule has 2 N–H and O–H groups in total. The standard InChI is InChI=1S/C25H30BrN3O/c1-3-29(4-2)15-14-27-25(30)18-10-13-23-22(16-18)20-6-5-7-21(20)24(28-23)17-8-11-19(26)12-9-17/h5-6,8-13,16,20-21,24,28H,3-4,7,14-15H2,1-2H3,(H,27,30). The normalized spacial score (nSPS) is 21.8. The summed E-state index contributed by atoms with van der Waals surface area (Å²) >= 11 is 3.53. The van der Waals surface area contributed by atoms with Gasteiger partial charge in [-0.3, -0.25) is 4.79 Å². The number of anilines is 1. The SMILES string of the molecule is CCN(CC)CCNC(=O)c1ccc2c(c1)C1C=CCC1C(c1ccc(Br)cc1)N2. The Kier molecular flexibility index (Phi) is 6.59. The fourth-order valence-corrected chi connectivity index (χ4v) is 4.97. The number of amides is 1. The van der Waals surface area contributed by atoms with Crippen LogP contribution >= 0.6 is 15.9 Å². The fourth-order valence-electron chi connectivity index (χ4n) is 4.71. The van der Waals surface area contributed by atoms with E-state index in [1.54, 1.807) is 0 Å². The van der Waals surface area contributed by atoms with E-state index in [4.69, 9.17) is 0 Å². The lowest BCUT2D eigenvalue weighted by molar-refractivity contribution is 0.0949. The van der Waals surface area contributed by atoms with Crippen molar-refractivity contribution in [3.63, 3.8) is 0 Å². The highest BCUT2D eigenvalue weighted by molar-refractivity contribution is 9.10. The Morgan fingerprint density at radius 2 is 1.93 bits per heavy atom. The van der Waals surface area contributed by atoms with Crippen LogP contribution in [0, 0.1) is 5.92 Å². The van der Waals surface area contributed by atoms with Gasteiger partial charge in [-0.05, 0) is 66.9 Å². The van der Waals surface area contributed by atoms with Crippen LogP contribution in [0.25, 0.3) is 0 Å². The highest BCUT2D eigenvalue weighted by atomic mass is 79.9. The highest BCUT2D eigenvalue weighted by Gasteiger charge is 2.38. The summed E-state index contributed by atoms with van der Waals surface area (Å²) in [6, 6.07) is 15.0. The van der Waals surface area contributed by atoms with Gasteiger partial charge >= 0.3 is 0 Å². The molecule has 0 radical (unpaired) electrons. The van der Waals surface area contributed by atoms with Crippen LogP contribution in [-0.4, -0.2) is 37.0 Å². The average Bonchev–Trinajstić information content (AvgIpc) is 3.27. The molecule has 1 aliphatic heterocycles. The monoisotopic (exact) mass is 467 g/mol. The number of nitrogens with zero attached hydrogens (tertiary/aromatic N) is 1. The Morgan fingerprint density at radius 3 is 2.67 bits per heavy atom. The zero-order chi connectivity index (χ0) is 21.1. The van der Waals surface area contributed by atoms with E-state index >= 15 is 0 Å². The van der Waals surface area contributed by atoms with Crippen LogP contribution in [-0.2, 0) is 0 Å². The van der Waals surface area contributed by atoms with E-state index in [-0.39, 0.29) is 11.9 Å². The summed E-state index contributed by atoms with van der Waals surface area (Å²) in [4.78, 5) is 15.0. The summed E-state index contributed by atoms with van der Waals surface area (Å²) < 4.78 is 1.10. The molecule has 0 spiro atoms. The lowest BCUT2D eigenvalue weighted by atomic mass is 9.76. The fraction of sp³-hybridized carbons (Fsp3) is 0.400. The molecule has 2 aromatic rings. The molecule has 0 aromatic heterocycles. The van der Waals surface area contributed by atoms with E-state index < -0.39 is 0 Å². The smallest absolute Gasteiger partial charge is 0.251 e. The summed E-state index contributed by atoms with van der Waals surface area (Å²) in [6.45, 7) is 7.86. The first-order valence-corrected chi connectivity index (χ1v) is 11.7. The summed E-state index contributed by atoms with van der Waals surface area (Å²) in [6.07, 6.45) is 5.66. The third-order valence-electron chi connectivity index (χ3n) is 6.46. The minimum Gasteiger partial charge on any atom is -0.378 e. The van der Waals surface area contributed by atoms with Crippen molar-refractivity contribution in [2.75, 3.05) is 31.5 Å². The van der Waals surface area contributed by atoms with Crippen molar-refractivity contribution < 1.29 is 4.79 Å². The van der Waals surface area contributed by atoms with Crippen molar-refractivity contribution in [1.29, 1.82) is 0 Å². The second-order valence-electron chi connectivity index (χ2n) is 8.11. The van der Waals surface area contributed by atoms with E-state index in [1.165, 1.54) is 11.1 Å². The molecule has 2 aliphatic rings. The topological polar surface area (TPSA) is 44.4 Å². The first-order chi connectivity index (χ1) is 14.6. The Morgan fingerprint density at radius 1 is 1.17 bits per heavy atom. The van der Waals surface area contributed by atoms with E-state index in [1.807, 2.05) is 6.07 Å². The Bertz CT molecular complexity index is 920. The van der Waals surface area contributed by atoms with Gasteiger partial charge in [0.25, 0.3) is 5.91 Å². The number of allylic oxidation sites excluding steroid dienone is 2. The van der Waals surface area contributed by atoms with E-state index in [0.717, 1.165) is 41.8 Å². The number of rotatable bonds is 7. The quantitative estimate of drug-likeness (QED) is 0.539. The molecule has 0 fully saturated rings. The van der Waals surface area contributed by atoms with Crippen LogP contribution < -0.4 is 10.6 Å². The van der Waals surface area contributed by atoms with Crippen molar-refractivity contribution in [3.8, 4) is 0 Å². The van der Waals surface area contributed by atoms with Crippen LogP contribution in [0.15, 0.2) is 59.1 Å². The number of fused-ring (bicyclic) bond motifs is 3. The maximum Gasteiger partial charge on any atom is 0.251 e. The van der Waals surface area contributed by atoms with Crippen molar-refractivity contribution >= 4 is 27.5 Å². The molecule has 0 saturated heterocycles. The molecule has 0 saturated carbocycles. The number of hydrogen-bond donors (Lipinski definition) is 2. The maximum atomic E-state index is 12.7. The molecule has 0 bridgehead atoms. The Balaban J connectivity index is 1.51. The molecule has 3 atom stereocenters. The molecular formula is C25H30BrN3O. The van der Waals surface area contributed by atoms with Gasteiger partial charge in [-0.25, -0.2) is 0 Å².